The standard InChI is InChI=1S/C18H21N5S2/c1-2-24-18-20-16(22-19)15-13-8-9-23(10-12-6-4-3-5-7-12)11-14(13)25-17(15)21-18/h3-7H,2,8-11,19H2,1H3,(H,20,21,22)/p+1. The number of thiophene rings is 1. The fourth-order valence-electron chi connectivity index (χ4n) is 3.44. The van der Waals surface area contributed by atoms with Gasteiger partial charge in [0, 0.05) is 12.0 Å². The maximum Gasteiger partial charge on any atom is 0.190 e. The Bertz CT molecular complexity index is 878. The van der Waals surface area contributed by atoms with E-state index >= 15 is 0 Å². The van der Waals surface area contributed by atoms with Crippen LogP contribution in [0.1, 0.15) is 22.9 Å². The molecule has 2 aromatic heterocycles. The zero-order valence-corrected chi connectivity index (χ0v) is 15.8. The van der Waals surface area contributed by atoms with Crippen LogP contribution in [0, 0.1) is 0 Å². The van der Waals surface area contributed by atoms with Crippen LogP contribution in [-0.2, 0) is 19.5 Å². The summed E-state index contributed by atoms with van der Waals surface area (Å²) in [5.74, 6) is 7.48. The molecule has 0 spiro atoms. The lowest BCUT2D eigenvalue weighted by Crippen LogP contribution is -3.10. The van der Waals surface area contributed by atoms with Gasteiger partial charge in [0.25, 0.3) is 0 Å². The normalized spacial score (nSPS) is 16.8. The molecule has 130 valence electrons. The van der Waals surface area contributed by atoms with E-state index in [9.17, 15) is 0 Å². The number of hydrazine groups is 1. The van der Waals surface area contributed by atoms with Crippen molar-refractivity contribution in [2.75, 3.05) is 17.7 Å². The van der Waals surface area contributed by atoms with E-state index < -0.39 is 0 Å². The molecule has 25 heavy (non-hydrogen) atoms. The Labute approximate surface area is 155 Å². The van der Waals surface area contributed by atoms with Crippen molar-refractivity contribution >= 4 is 39.1 Å². The van der Waals surface area contributed by atoms with Gasteiger partial charge in [0.15, 0.2) is 11.0 Å². The zero-order chi connectivity index (χ0) is 17.2. The Balaban J connectivity index is 1.65. The number of benzene rings is 1. The van der Waals surface area contributed by atoms with E-state index in [0.717, 1.165) is 53.0 Å². The summed E-state index contributed by atoms with van der Waals surface area (Å²) in [4.78, 5) is 13.4. The van der Waals surface area contributed by atoms with Crippen molar-refractivity contribution in [3.05, 3.63) is 46.3 Å². The second kappa shape index (κ2) is 7.29. The molecular weight excluding hydrogens is 350 g/mol. The van der Waals surface area contributed by atoms with E-state index in [1.165, 1.54) is 16.0 Å². The molecular formula is C18H22N5S2+. The van der Waals surface area contributed by atoms with Gasteiger partial charge in [-0.05, 0) is 11.3 Å². The molecule has 7 heteroatoms. The number of nitrogen functional groups attached to an aromatic ring is 1. The second-order valence-electron chi connectivity index (χ2n) is 6.21. The third-order valence-electron chi connectivity index (χ3n) is 4.56. The molecule has 0 fully saturated rings. The van der Waals surface area contributed by atoms with E-state index in [-0.39, 0.29) is 0 Å². The van der Waals surface area contributed by atoms with Crippen molar-refractivity contribution < 1.29 is 4.90 Å². The van der Waals surface area contributed by atoms with Crippen molar-refractivity contribution in [2.45, 2.75) is 31.6 Å². The molecule has 1 aliphatic rings. The number of nitrogens with two attached hydrogens (primary N) is 1. The maximum absolute atomic E-state index is 5.75. The molecule has 0 saturated heterocycles. The summed E-state index contributed by atoms with van der Waals surface area (Å²) in [5.41, 5.74) is 5.57. The van der Waals surface area contributed by atoms with Crippen LogP contribution in [0.25, 0.3) is 10.2 Å². The lowest BCUT2D eigenvalue weighted by atomic mass is 10.0. The van der Waals surface area contributed by atoms with Gasteiger partial charge in [0.1, 0.15) is 17.9 Å². The highest BCUT2D eigenvalue weighted by Gasteiger charge is 2.26. The van der Waals surface area contributed by atoms with Crippen molar-refractivity contribution in [3.63, 3.8) is 0 Å². The molecule has 1 atom stereocenters. The minimum Gasteiger partial charge on any atom is -0.326 e. The van der Waals surface area contributed by atoms with Crippen LogP contribution in [0.15, 0.2) is 35.5 Å². The Kier molecular flexibility index (Phi) is 4.89. The molecule has 1 unspecified atom stereocenters. The topological polar surface area (TPSA) is 68.3 Å². The quantitative estimate of drug-likeness (QED) is 0.277. The van der Waals surface area contributed by atoms with Gasteiger partial charge in [-0.3, -0.25) is 0 Å². The molecule has 0 saturated carbocycles. The third-order valence-corrected chi connectivity index (χ3v) is 6.42. The summed E-state index contributed by atoms with van der Waals surface area (Å²) in [6, 6.07) is 10.7. The highest BCUT2D eigenvalue weighted by Crippen LogP contribution is 2.36. The van der Waals surface area contributed by atoms with Crippen LogP contribution < -0.4 is 16.2 Å². The average molecular weight is 373 g/mol. The molecule has 4 N–H and O–H groups in total. The largest absolute Gasteiger partial charge is 0.326 e. The van der Waals surface area contributed by atoms with E-state index in [1.54, 1.807) is 28.0 Å². The Morgan fingerprint density at radius 1 is 1.28 bits per heavy atom. The van der Waals surface area contributed by atoms with Crippen LogP contribution in [0.4, 0.5) is 5.82 Å². The van der Waals surface area contributed by atoms with Gasteiger partial charge in [-0.25, -0.2) is 15.8 Å². The van der Waals surface area contributed by atoms with E-state index in [0.29, 0.717) is 0 Å². The molecule has 0 radical (unpaired) electrons. The molecule has 1 aliphatic heterocycles. The number of rotatable bonds is 5. The number of nitrogens with zero attached hydrogens (tertiary/aromatic N) is 2. The number of nitrogens with one attached hydrogen (secondary N) is 2. The molecule has 0 amide bonds. The summed E-state index contributed by atoms with van der Waals surface area (Å²) < 4.78 is 0. The minimum absolute atomic E-state index is 0.768. The van der Waals surface area contributed by atoms with Crippen LogP contribution in [-0.4, -0.2) is 22.3 Å². The molecule has 1 aromatic carbocycles. The van der Waals surface area contributed by atoms with Crippen LogP contribution in [0.5, 0.6) is 0 Å². The van der Waals surface area contributed by atoms with Gasteiger partial charge < -0.3 is 10.3 Å². The lowest BCUT2D eigenvalue weighted by Gasteiger charge is -2.24. The number of hydrogen-bond donors (Lipinski definition) is 3. The Morgan fingerprint density at radius 2 is 2.12 bits per heavy atom. The summed E-state index contributed by atoms with van der Waals surface area (Å²) in [5, 5.41) is 1.93. The number of quaternary nitrogens is 1. The highest BCUT2D eigenvalue weighted by atomic mass is 32.2. The summed E-state index contributed by atoms with van der Waals surface area (Å²) in [7, 11) is 0. The first kappa shape index (κ1) is 16.8. The molecule has 5 nitrogen and oxygen atoms in total. The predicted octanol–water partition coefficient (Wildman–Crippen LogP) is 2.23. The van der Waals surface area contributed by atoms with Gasteiger partial charge in [-0.15, -0.1) is 11.3 Å². The first-order valence-corrected chi connectivity index (χ1v) is 10.4. The van der Waals surface area contributed by atoms with E-state index in [2.05, 4.69) is 47.7 Å². The van der Waals surface area contributed by atoms with Crippen LogP contribution in [0.2, 0.25) is 0 Å². The maximum atomic E-state index is 5.75. The number of anilines is 1. The van der Waals surface area contributed by atoms with Gasteiger partial charge in [-0.1, -0.05) is 49.0 Å². The van der Waals surface area contributed by atoms with E-state index in [1.807, 2.05) is 0 Å². The fourth-order valence-corrected chi connectivity index (χ4v) is 5.36. The van der Waals surface area contributed by atoms with Crippen molar-refractivity contribution in [1.29, 1.82) is 0 Å². The third kappa shape index (κ3) is 3.37. The van der Waals surface area contributed by atoms with Crippen molar-refractivity contribution in [2.24, 2.45) is 5.84 Å². The van der Waals surface area contributed by atoms with Gasteiger partial charge in [0.2, 0.25) is 0 Å². The average Bonchev–Trinajstić information content (AvgIpc) is 2.99. The minimum atomic E-state index is 0.768. The number of aromatic nitrogens is 2. The Morgan fingerprint density at radius 3 is 2.88 bits per heavy atom. The number of thioether (sulfide) groups is 1. The van der Waals surface area contributed by atoms with Crippen molar-refractivity contribution in [3.8, 4) is 0 Å². The Hall–Kier alpha value is -1.67. The fraction of sp³-hybridized carbons (Fsp3) is 0.333. The van der Waals surface area contributed by atoms with Gasteiger partial charge in [0.05, 0.1) is 16.8 Å². The molecule has 3 heterocycles. The SMILES string of the molecule is CCSc1nc(NN)c2c3c(sc2n1)C[NH+](Cc1ccccc1)CC3. The second-order valence-corrected chi connectivity index (χ2v) is 8.52. The molecule has 0 aliphatic carbocycles. The molecule has 3 aromatic rings. The molecule has 0 bridgehead atoms. The van der Waals surface area contributed by atoms with Gasteiger partial charge in [-0.2, -0.15) is 0 Å². The smallest absolute Gasteiger partial charge is 0.190 e. The zero-order valence-electron chi connectivity index (χ0n) is 14.2. The van der Waals surface area contributed by atoms with Gasteiger partial charge >= 0.3 is 0 Å². The van der Waals surface area contributed by atoms with Crippen molar-refractivity contribution in [1.82, 2.24) is 9.97 Å². The first-order valence-electron chi connectivity index (χ1n) is 8.57. The van der Waals surface area contributed by atoms with Crippen LogP contribution in [0.3, 0.4) is 0 Å². The lowest BCUT2D eigenvalue weighted by molar-refractivity contribution is -0.929. The number of fused-ring (bicyclic) bond motifs is 3. The summed E-state index contributed by atoms with van der Waals surface area (Å²) in [6.45, 7) is 5.35. The van der Waals surface area contributed by atoms with E-state index in [4.69, 9.17) is 10.8 Å². The monoisotopic (exact) mass is 372 g/mol. The predicted molar refractivity (Wildman–Crippen MR) is 105 cm³/mol. The summed E-state index contributed by atoms with van der Waals surface area (Å²) >= 11 is 3.45. The van der Waals surface area contributed by atoms with Crippen LogP contribution >= 0.6 is 23.1 Å². The number of hydrogen-bond acceptors (Lipinski definition) is 6. The first-order chi connectivity index (χ1) is 12.3. The highest BCUT2D eigenvalue weighted by molar-refractivity contribution is 7.99. The molecule has 4 rings (SSSR count). The summed E-state index contributed by atoms with van der Waals surface area (Å²) in [6.07, 6.45) is 1.05.